The van der Waals surface area contributed by atoms with Crippen LogP contribution in [0.2, 0.25) is 0 Å². The number of methoxy groups -OCH3 is 1. The van der Waals surface area contributed by atoms with Crippen LogP contribution in [0.3, 0.4) is 0 Å². The summed E-state index contributed by atoms with van der Waals surface area (Å²) < 4.78 is 41.2. The van der Waals surface area contributed by atoms with E-state index < -0.39 is 20.5 Å². The molecule has 2 heterocycles. The zero-order valence-corrected chi connectivity index (χ0v) is 21.5. The van der Waals surface area contributed by atoms with Crippen LogP contribution in [0.25, 0.3) is 0 Å². The van der Waals surface area contributed by atoms with Crippen LogP contribution in [-0.4, -0.2) is 75.1 Å². The number of hydrogen-bond donors (Lipinski definition) is 2. The van der Waals surface area contributed by atoms with Gasteiger partial charge >= 0.3 is 0 Å². The third-order valence-electron chi connectivity index (χ3n) is 7.19. The summed E-state index contributed by atoms with van der Waals surface area (Å²) in [6.07, 6.45) is 1.52. The number of sulfone groups is 1. The molecule has 200 valence electrons. The summed E-state index contributed by atoms with van der Waals surface area (Å²) >= 11 is 0. The van der Waals surface area contributed by atoms with Crippen molar-refractivity contribution in [2.75, 3.05) is 40.0 Å². The van der Waals surface area contributed by atoms with E-state index in [0.29, 0.717) is 36.8 Å². The van der Waals surface area contributed by atoms with E-state index >= 15 is 0 Å². The molecule has 2 fully saturated rings. The number of hydroxylamine groups is 1. The fourth-order valence-electron chi connectivity index (χ4n) is 4.79. The molecule has 4 rings (SSSR count). The average molecular weight is 533 g/mol. The summed E-state index contributed by atoms with van der Waals surface area (Å²) in [5.74, 6) is 0.533. The molecular formula is C26H32N2O8S. The van der Waals surface area contributed by atoms with Crippen molar-refractivity contribution in [1.82, 2.24) is 10.4 Å². The molecule has 11 heteroatoms. The van der Waals surface area contributed by atoms with Gasteiger partial charge in [0, 0.05) is 31.9 Å². The van der Waals surface area contributed by atoms with Gasteiger partial charge in [-0.2, -0.15) is 0 Å². The van der Waals surface area contributed by atoms with Gasteiger partial charge in [-0.05, 0) is 80.1 Å². The molecule has 0 saturated carbocycles. The minimum atomic E-state index is -4.08. The standard InChI is InChI=1S/C26H32N2O8S/c1-34-21-4-2-20(3-5-21)24(29)28-14-10-19(11-15-28)18-36-22-6-8-23(9-7-22)37(32,33)26(25(30)27-31)12-16-35-17-13-26/h2-9,19,31H,10-18H2,1H3,(H,27,30). The molecule has 2 aromatic rings. The first-order valence-electron chi connectivity index (χ1n) is 12.2. The summed E-state index contributed by atoms with van der Waals surface area (Å²) in [5, 5.41) is 9.17. The first-order valence-corrected chi connectivity index (χ1v) is 13.7. The van der Waals surface area contributed by atoms with Crippen molar-refractivity contribution >= 4 is 21.7 Å². The van der Waals surface area contributed by atoms with Gasteiger partial charge < -0.3 is 19.1 Å². The molecule has 2 aliphatic rings. The van der Waals surface area contributed by atoms with Crippen LogP contribution < -0.4 is 15.0 Å². The Hall–Kier alpha value is -3.15. The number of carbonyl (C=O) groups excluding carboxylic acids is 2. The van der Waals surface area contributed by atoms with Gasteiger partial charge in [-0.3, -0.25) is 14.8 Å². The van der Waals surface area contributed by atoms with E-state index in [2.05, 4.69) is 0 Å². The largest absolute Gasteiger partial charge is 0.497 e. The smallest absolute Gasteiger partial charge is 0.265 e. The van der Waals surface area contributed by atoms with Gasteiger partial charge in [0.15, 0.2) is 14.6 Å². The Morgan fingerprint density at radius 3 is 2.19 bits per heavy atom. The third-order valence-corrected chi connectivity index (χ3v) is 9.70. The van der Waals surface area contributed by atoms with Crippen LogP contribution in [0.1, 0.15) is 36.0 Å². The van der Waals surface area contributed by atoms with E-state index in [1.165, 1.54) is 17.6 Å². The Morgan fingerprint density at radius 1 is 1.03 bits per heavy atom. The van der Waals surface area contributed by atoms with Crippen molar-refractivity contribution in [2.45, 2.75) is 35.3 Å². The molecule has 2 amide bonds. The predicted octanol–water partition coefficient (Wildman–Crippen LogP) is 2.45. The summed E-state index contributed by atoms with van der Waals surface area (Å²) in [7, 11) is -2.50. The number of benzene rings is 2. The normalized spacial score (nSPS) is 18.2. The van der Waals surface area contributed by atoms with Gasteiger partial charge in [0.1, 0.15) is 11.5 Å². The monoisotopic (exact) mass is 532 g/mol. The quantitative estimate of drug-likeness (QED) is 0.392. The molecule has 2 aliphatic heterocycles. The van der Waals surface area contributed by atoms with Crippen molar-refractivity contribution in [3.05, 3.63) is 54.1 Å². The number of amides is 2. The Balaban J connectivity index is 1.32. The van der Waals surface area contributed by atoms with Gasteiger partial charge in [-0.25, -0.2) is 13.9 Å². The number of nitrogens with one attached hydrogen (secondary N) is 1. The lowest BCUT2D eigenvalue weighted by atomic mass is 9.97. The Kier molecular flexibility index (Phi) is 8.35. The third kappa shape index (κ3) is 5.58. The molecule has 0 atom stereocenters. The van der Waals surface area contributed by atoms with Crippen molar-refractivity contribution in [3.63, 3.8) is 0 Å². The number of likely N-dealkylation sites (tertiary alicyclic amines) is 1. The summed E-state index contributed by atoms with van der Waals surface area (Å²) in [4.78, 5) is 27.0. The van der Waals surface area contributed by atoms with Gasteiger partial charge in [0.2, 0.25) is 0 Å². The topological polar surface area (TPSA) is 131 Å². The minimum Gasteiger partial charge on any atom is -0.497 e. The Bertz CT molecular complexity index is 1180. The number of hydrogen-bond acceptors (Lipinski definition) is 8. The molecule has 0 aliphatic carbocycles. The first-order chi connectivity index (χ1) is 17.8. The molecule has 0 radical (unpaired) electrons. The van der Waals surface area contributed by atoms with E-state index in [1.807, 2.05) is 4.90 Å². The molecular weight excluding hydrogens is 500 g/mol. The van der Waals surface area contributed by atoms with Crippen LogP contribution in [0.5, 0.6) is 11.5 Å². The highest BCUT2D eigenvalue weighted by molar-refractivity contribution is 7.93. The van der Waals surface area contributed by atoms with Crippen LogP contribution in [0, 0.1) is 5.92 Å². The lowest BCUT2D eigenvalue weighted by Crippen LogP contribution is -2.54. The fourth-order valence-corrected chi connectivity index (χ4v) is 6.73. The van der Waals surface area contributed by atoms with Gasteiger partial charge in [0.25, 0.3) is 11.8 Å². The summed E-state index contributed by atoms with van der Waals surface area (Å²) in [5.41, 5.74) is 2.14. The van der Waals surface area contributed by atoms with Crippen LogP contribution in [0.15, 0.2) is 53.4 Å². The van der Waals surface area contributed by atoms with E-state index in [9.17, 15) is 23.2 Å². The van der Waals surface area contributed by atoms with Crippen molar-refractivity contribution < 1.29 is 37.4 Å². The fraction of sp³-hybridized carbons (Fsp3) is 0.462. The molecule has 0 bridgehead atoms. The zero-order valence-electron chi connectivity index (χ0n) is 20.7. The summed E-state index contributed by atoms with van der Waals surface area (Å²) in [6, 6.07) is 13.1. The van der Waals surface area contributed by atoms with Crippen molar-refractivity contribution in [2.24, 2.45) is 5.92 Å². The number of piperidine rings is 1. The number of rotatable bonds is 8. The molecule has 2 aromatic carbocycles. The lowest BCUT2D eigenvalue weighted by molar-refractivity contribution is -0.134. The van der Waals surface area contributed by atoms with E-state index in [1.54, 1.807) is 43.5 Å². The van der Waals surface area contributed by atoms with Crippen LogP contribution in [-0.2, 0) is 19.4 Å². The molecule has 0 unspecified atom stereocenters. The maximum atomic E-state index is 13.3. The van der Waals surface area contributed by atoms with E-state index in [0.717, 1.165) is 12.8 Å². The maximum Gasteiger partial charge on any atom is 0.265 e. The highest BCUT2D eigenvalue weighted by Gasteiger charge is 2.52. The molecule has 37 heavy (non-hydrogen) atoms. The highest BCUT2D eigenvalue weighted by Crippen LogP contribution is 2.36. The molecule has 2 saturated heterocycles. The van der Waals surface area contributed by atoms with E-state index in [-0.39, 0.29) is 42.8 Å². The molecule has 10 nitrogen and oxygen atoms in total. The second kappa shape index (κ2) is 11.5. The van der Waals surface area contributed by atoms with Gasteiger partial charge in [0.05, 0.1) is 18.6 Å². The number of carbonyl (C=O) groups is 2. The zero-order chi connectivity index (χ0) is 26.5. The lowest BCUT2D eigenvalue weighted by Gasteiger charge is -2.34. The molecule has 0 spiro atoms. The minimum absolute atomic E-state index is 0.00370. The first kappa shape index (κ1) is 26.9. The second-order valence-corrected chi connectivity index (χ2v) is 11.6. The Labute approximate surface area is 216 Å². The molecule has 0 aromatic heterocycles. The van der Waals surface area contributed by atoms with E-state index in [4.69, 9.17) is 14.2 Å². The number of ether oxygens (including phenoxy) is 3. The van der Waals surface area contributed by atoms with Crippen LogP contribution in [0.4, 0.5) is 0 Å². The highest BCUT2D eigenvalue weighted by atomic mass is 32.2. The molecule has 2 N–H and O–H groups in total. The maximum absolute atomic E-state index is 13.3. The predicted molar refractivity (Wildman–Crippen MR) is 133 cm³/mol. The number of nitrogens with zero attached hydrogens (tertiary/aromatic N) is 1. The average Bonchev–Trinajstić information content (AvgIpc) is 2.96. The summed E-state index contributed by atoms with van der Waals surface area (Å²) in [6.45, 7) is 1.94. The van der Waals surface area contributed by atoms with Gasteiger partial charge in [-0.1, -0.05) is 0 Å². The van der Waals surface area contributed by atoms with Crippen molar-refractivity contribution in [3.8, 4) is 11.5 Å². The van der Waals surface area contributed by atoms with Gasteiger partial charge in [-0.15, -0.1) is 0 Å². The van der Waals surface area contributed by atoms with Crippen LogP contribution >= 0.6 is 0 Å². The second-order valence-electron chi connectivity index (χ2n) is 9.30. The SMILES string of the molecule is COc1ccc(C(=O)N2CCC(COc3ccc(S(=O)(=O)C4(C(=O)NO)CCOCC4)cc3)CC2)cc1. The Morgan fingerprint density at radius 2 is 1.62 bits per heavy atom. The van der Waals surface area contributed by atoms with Crippen molar-refractivity contribution in [1.29, 1.82) is 0 Å².